The number of benzene rings is 6. The molecule has 13 heteroatoms. The molecule has 0 saturated carbocycles. The second-order valence-corrected chi connectivity index (χ2v) is 17.4. The number of carbonyl (C=O) groups is 2. The first-order valence-corrected chi connectivity index (χ1v) is 23.1. The van der Waals surface area contributed by atoms with Crippen molar-refractivity contribution >= 4 is 60.5 Å². The van der Waals surface area contributed by atoms with Gasteiger partial charge in [0.1, 0.15) is 22.9 Å². The Morgan fingerprint density at radius 1 is 0.730 bits per heavy atom. The summed E-state index contributed by atoms with van der Waals surface area (Å²) >= 11 is 0. The van der Waals surface area contributed by atoms with E-state index in [9.17, 15) is 32.8 Å². The second kappa shape index (κ2) is 21.2. The van der Waals surface area contributed by atoms with Crippen molar-refractivity contribution in [3.05, 3.63) is 119 Å². The maximum Gasteiger partial charge on any atom is 0.294 e. The molecule has 5 N–H and O–H groups in total. The van der Waals surface area contributed by atoms with Crippen LogP contribution in [0.3, 0.4) is 0 Å². The molecule has 0 aliphatic carbocycles. The molecule has 0 bridgehead atoms. The van der Waals surface area contributed by atoms with Crippen molar-refractivity contribution in [2.45, 2.75) is 103 Å². The average molecular weight is 873 g/mol. The van der Waals surface area contributed by atoms with Crippen LogP contribution in [0.4, 0.5) is 17.1 Å². The third-order valence-corrected chi connectivity index (χ3v) is 11.9. The summed E-state index contributed by atoms with van der Waals surface area (Å²) in [5.41, 5.74) is 5.29. The molecule has 0 aliphatic rings. The summed E-state index contributed by atoms with van der Waals surface area (Å²) in [7, 11) is -4.61. The van der Waals surface area contributed by atoms with Crippen LogP contribution in [0.2, 0.25) is 0 Å². The van der Waals surface area contributed by atoms with Crippen molar-refractivity contribution in [2.24, 2.45) is 10.2 Å². The maximum absolute atomic E-state index is 13.5. The van der Waals surface area contributed by atoms with Crippen LogP contribution in [-0.2, 0) is 34.2 Å². The molecular weight excluding hydrogens is 817 g/mol. The summed E-state index contributed by atoms with van der Waals surface area (Å²) in [5.74, 6) is -0.581. The minimum atomic E-state index is -4.61. The van der Waals surface area contributed by atoms with Gasteiger partial charge in [0, 0.05) is 29.6 Å². The number of rotatable bonds is 20. The summed E-state index contributed by atoms with van der Waals surface area (Å²) in [4.78, 5) is 25.0. The van der Waals surface area contributed by atoms with Gasteiger partial charge in [-0.2, -0.15) is 13.5 Å². The predicted molar refractivity (Wildman–Crippen MR) is 249 cm³/mol. The van der Waals surface area contributed by atoms with Gasteiger partial charge in [-0.15, -0.1) is 5.11 Å². The number of carbonyl (C=O) groups excluding carboxylic acids is 2. The highest BCUT2D eigenvalue weighted by molar-refractivity contribution is 7.85. The van der Waals surface area contributed by atoms with Gasteiger partial charge < -0.3 is 25.6 Å². The summed E-state index contributed by atoms with van der Waals surface area (Å²) in [6.07, 6.45) is 12.2. The Kier molecular flexibility index (Phi) is 15.5. The lowest BCUT2D eigenvalue weighted by atomic mass is 9.94. The molecule has 6 aromatic rings. The number of ether oxygens (including phenoxy) is 1. The molecule has 63 heavy (non-hydrogen) atoms. The molecule has 6 aromatic carbocycles. The quantitative estimate of drug-likeness (QED) is 0.0285. The molecule has 0 aliphatic heterocycles. The predicted octanol–water partition coefficient (Wildman–Crippen LogP) is 12.3. The number of nitrogens with one attached hydrogen (secondary N) is 2. The third kappa shape index (κ3) is 11.8. The van der Waals surface area contributed by atoms with E-state index in [0.717, 1.165) is 38.2 Å². The van der Waals surface area contributed by atoms with E-state index in [4.69, 9.17) is 4.74 Å². The summed E-state index contributed by atoms with van der Waals surface area (Å²) in [6, 6.07) is 26.2. The van der Waals surface area contributed by atoms with Crippen LogP contribution >= 0.6 is 0 Å². The highest BCUT2D eigenvalue weighted by Gasteiger charge is 2.21. The van der Waals surface area contributed by atoms with Gasteiger partial charge in [0.15, 0.2) is 5.75 Å². The number of amides is 2. The zero-order chi connectivity index (χ0) is 45.1. The highest BCUT2D eigenvalue weighted by atomic mass is 32.2. The number of hydrogen-bond acceptors (Lipinski definition) is 9. The average Bonchev–Trinajstić information content (AvgIpc) is 3.25. The Labute approximate surface area is 369 Å². The lowest BCUT2D eigenvalue weighted by molar-refractivity contribution is -0.114. The van der Waals surface area contributed by atoms with Gasteiger partial charge in [-0.05, 0) is 128 Å². The summed E-state index contributed by atoms with van der Waals surface area (Å²) < 4.78 is 39.8. The molecule has 330 valence electrons. The number of aryl methyl sites for hydroxylation is 4. The zero-order valence-electron chi connectivity index (χ0n) is 36.3. The van der Waals surface area contributed by atoms with E-state index in [0.29, 0.717) is 40.1 Å². The summed E-state index contributed by atoms with van der Waals surface area (Å²) in [6.45, 7) is 7.80. The number of azo groups is 1. The molecule has 0 atom stereocenters. The van der Waals surface area contributed by atoms with Gasteiger partial charge in [0.25, 0.3) is 16.0 Å². The Morgan fingerprint density at radius 3 is 2.11 bits per heavy atom. The van der Waals surface area contributed by atoms with Crippen LogP contribution < -0.4 is 15.4 Å². The van der Waals surface area contributed by atoms with Gasteiger partial charge in [-0.3, -0.25) is 14.1 Å². The number of anilines is 1. The smallest absolute Gasteiger partial charge is 0.294 e. The number of phenolic OH excluding ortho intramolecular Hbond substituents is 2. The molecule has 0 spiro atoms. The van der Waals surface area contributed by atoms with Crippen LogP contribution in [-0.4, -0.2) is 41.5 Å². The van der Waals surface area contributed by atoms with Crippen molar-refractivity contribution in [3.63, 3.8) is 0 Å². The Hall–Kier alpha value is -6.31. The van der Waals surface area contributed by atoms with Gasteiger partial charge in [0.2, 0.25) is 5.91 Å². The van der Waals surface area contributed by atoms with E-state index < -0.39 is 26.8 Å². The number of unbranched alkanes of at least 4 members (excludes halogenated alkanes) is 5. The molecular formula is C50H56N4O8S. The molecule has 2 amide bonds. The Bertz CT molecular complexity index is 2750. The molecule has 0 fully saturated rings. The largest absolute Gasteiger partial charge is 0.506 e. The standard InChI is InChI=1S/C50H56N4O8S/c1-5-7-9-15-34-20-21-35(36(28-34)17-10-8-6-2)16-13-14-26-51-50(58)43-31-45(41-18-11-12-19-42(41)48(43)56)62-39-24-22-38(23-25-39)53-54-47-32(3)27-37-29-40(63(59,60)61)30-44(52-33(4)55)46(37)49(47)57/h11-12,18-25,27-31,56-57H,5-10,13-17,26H2,1-4H3,(H,51,58)(H,52,55)(H,59,60,61). The van der Waals surface area contributed by atoms with E-state index >= 15 is 0 Å². The molecule has 0 heterocycles. The fourth-order valence-electron chi connectivity index (χ4n) is 7.78. The van der Waals surface area contributed by atoms with Crippen molar-refractivity contribution in [3.8, 4) is 23.0 Å². The zero-order valence-corrected chi connectivity index (χ0v) is 37.1. The van der Waals surface area contributed by atoms with Crippen LogP contribution in [0.1, 0.15) is 105 Å². The van der Waals surface area contributed by atoms with Gasteiger partial charge in [-0.25, -0.2) is 0 Å². The topological polar surface area (TPSA) is 187 Å². The van der Waals surface area contributed by atoms with Crippen molar-refractivity contribution in [2.75, 3.05) is 11.9 Å². The number of hydrogen-bond donors (Lipinski definition) is 5. The van der Waals surface area contributed by atoms with E-state index in [1.165, 1.54) is 68.2 Å². The fraction of sp³-hybridized carbons (Fsp3) is 0.320. The van der Waals surface area contributed by atoms with E-state index in [2.05, 4.69) is 52.9 Å². The van der Waals surface area contributed by atoms with Gasteiger partial charge in [-0.1, -0.05) is 82.0 Å². The van der Waals surface area contributed by atoms with Crippen molar-refractivity contribution in [1.82, 2.24) is 5.32 Å². The van der Waals surface area contributed by atoms with E-state index in [1.807, 2.05) is 12.1 Å². The van der Waals surface area contributed by atoms with Crippen LogP contribution in [0.15, 0.2) is 106 Å². The van der Waals surface area contributed by atoms with E-state index in [1.54, 1.807) is 55.5 Å². The van der Waals surface area contributed by atoms with Crippen molar-refractivity contribution < 1.29 is 37.5 Å². The number of fused-ring (bicyclic) bond motifs is 2. The van der Waals surface area contributed by atoms with Gasteiger partial charge >= 0.3 is 0 Å². The maximum atomic E-state index is 13.5. The number of phenols is 2. The number of aromatic hydroxyl groups is 2. The van der Waals surface area contributed by atoms with E-state index in [-0.39, 0.29) is 39.2 Å². The normalized spacial score (nSPS) is 11.7. The lowest BCUT2D eigenvalue weighted by Gasteiger charge is -2.15. The first kappa shape index (κ1) is 46.2. The summed E-state index contributed by atoms with van der Waals surface area (Å²) in [5, 5.41) is 38.1. The van der Waals surface area contributed by atoms with Crippen LogP contribution in [0.25, 0.3) is 21.5 Å². The fourth-order valence-corrected chi connectivity index (χ4v) is 8.32. The van der Waals surface area contributed by atoms with Crippen LogP contribution in [0.5, 0.6) is 23.0 Å². The molecule has 0 aromatic heterocycles. The van der Waals surface area contributed by atoms with Gasteiger partial charge in [0.05, 0.1) is 21.8 Å². The minimum Gasteiger partial charge on any atom is -0.506 e. The Morgan fingerprint density at radius 2 is 1.41 bits per heavy atom. The van der Waals surface area contributed by atoms with Crippen LogP contribution in [0, 0.1) is 6.92 Å². The third-order valence-electron chi connectivity index (χ3n) is 11.1. The second-order valence-electron chi connectivity index (χ2n) is 16.0. The Balaban J connectivity index is 1.14. The lowest BCUT2D eigenvalue weighted by Crippen LogP contribution is -2.24. The highest BCUT2D eigenvalue weighted by Crippen LogP contribution is 2.44. The monoisotopic (exact) mass is 872 g/mol. The molecule has 0 radical (unpaired) electrons. The molecule has 0 unspecified atom stereocenters. The minimum absolute atomic E-state index is 0.0259. The van der Waals surface area contributed by atoms with Crippen molar-refractivity contribution in [1.29, 1.82) is 0 Å². The first-order valence-electron chi connectivity index (χ1n) is 21.7. The SMILES string of the molecule is CCCCCc1ccc(CCCCNC(=O)c2cc(Oc3ccc(N=Nc4c(C)cc5cc(S(=O)(=O)O)cc(NC(C)=O)c5c4O)cc3)c3ccccc3c2O)c(CCCCC)c1. The number of nitrogens with zero attached hydrogens (tertiary/aromatic N) is 2. The molecule has 6 rings (SSSR count). The molecule has 12 nitrogen and oxygen atoms in total. The molecule has 0 saturated heterocycles. The first-order chi connectivity index (χ1) is 30.3.